The predicted octanol–water partition coefficient (Wildman–Crippen LogP) is 2.27. The number of aliphatic hydroxyl groups excluding tert-OH is 1. The highest BCUT2D eigenvalue weighted by Gasteiger charge is 2.23. The molecule has 0 aromatic heterocycles. The number of nitrogens with zero attached hydrogens (tertiary/aromatic N) is 2. The maximum absolute atomic E-state index is 9.66. The lowest BCUT2D eigenvalue weighted by atomic mass is 9.92. The van der Waals surface area contributed by atoms with Gasteiger partial charge in [-0.25, -0.2) is 0 Å². The second-order valence-corrected chi connectivity index (χ2v) is 6.49. The highest BCUT2D eigenvalue weighted by molar-refractivity contribution is 5.58. The monoisotopic (exact) mass is 274 g/mol. The number of anilines is 1. The van der Waals surface area contributed by atoms with Crippen LogP contribution in [0.1, 0.15) is 30.9 Å². The average Bonchev–Trinajstić information content (AvgIpc) is 2.81. The molecule has 1 aromatic carbocycles. The Morgan fingerprint density at radius 1 is 1.25 bits per heavy atom. The normalized spacial score (nSPS) is 22.1. The quantitative estimate of drug-likeness (QED) is 0.916. The van der Waals surface area contributed by atoms with Crippen molar-refractivity contribution >= 4 is 5.69 Å². The Labute approximate surface area is 122 Å². The van der Waals surface area contributed by atoms with Crippen molar-refractivity contribution in [2.45, 2.75) is 38.8 Å². The smallest absolute Gasteiger partial charge is 0.0541 e. The lowest BCUT2D eigenvalue weighted by molar-refractivity contribution is 0.0695. The first-order valence-corrected chi connectivity index (χ1v) is 7.87. The van der Waals surface area contributed by atoms with Gasteiger partial charge in [0.2, 0.25) is 0 Å². The summed E-state index contributed by atoms with van der Waals surface area (Å²) < 4.78 is 0. The van der Waals surface area contributed by atoms with Gasteiger partial charge in [0.1, 0.15) is 0 Å². The molecule has 1 fully saturated rings. The zero-order valence-corrected chi connectivity index (χ0v) is 12.7. The molecule has 2 aliphatic heterocycles. The minimum Gasteiger partial charge on any atom is -0.393 e. The van der Waals surface area contributed by atoms with Crippen LogP contribution < -0.4 is 4.90 Å². The Kier molecular flexibility index (Phi) is 3.99. The first-order chi connectivity index (χ1) is 9.63. The van der Waals surface area contributed by atoms with E-state index in [-0.39, 0.29) is 6.10 Å². The lowest BCUT2D eigenvalue weighted by Gasteiger charge is -2.33. The number of fused-ring (bicyclic) bond motifs is 1. The van der Waals surface area contributed by atoms with Gasteiger partial charge in [0.15, 0.2) is 0 Å². The summed E-state index contributed by atoms with van der Waals surface area (Å²) in [7, 11) is 2.17. The summed E-state index contributed by atoms with van der Waals surface area (Å²) in [6.07, 6.45) is 3.30. The second-order valence-electron chi connectivity index (χ2n) is 6.49. The highest BCUT2D eigenvalue weighted by Crippen LogP contribution is 2.28. The SMILES string of the molecule is CC(O)C1CCN(Cc2ccc3c(c2)CCN3C)CC1. The van der Waals surface area contributed by atoms with Crippen molar-refractivity contribution in [2.24, 2.45) is 5.92 Å². The van der Waals surface area contributed by atoms with E-state index in [9.17, 15) is 5.11 Å². The fourth-order valence-electron chi connectivity index (χ4n) is 3.57. The number of hydrogen-bond acceptors (Lipinski definition) is 3. The van der Waals surface area contributed by atoms with Gasteiger partial charge in [0, 0.05) is 25.8 Å². The molecule has 2 aliphatic rings. The summed E-state index contributed by atoms with van der Waals surface area (Å²) in [6.45, 7) is 6.37. The van der Waals surface area contributed by atoms with Gasteiger partial charge in [-0.15, -0.1) is 0 Å². The minimum atomic E-state index is -0.146. The number of piperidine rings is 1. The van der Waals surface area contributed by atoms with Gasteiger partial charge < -0.3 is 10.0 Å². The van der Waals surface area contributed by atoms with Crippen LogP contribution in [0.25, 0.3) is 0 Å². The highest BCUT2D eigenvalue weighted by atomic mass is 16.3. The van der Waals surface area contributed by atoms with Crippen LogP contribution in [0.2, 0.25) is 0 Å². The summed E-state index contributed by atoms with van der Waals surface area (Å²) in [6, 6.07) is 6.95. The summed E-state index contributed by atoms with van der Waals surface area (Å²) in [5.41, 5.74) is 4.35. The van der Waals surface area contributed by atoms with Crippen LogP contribution in [0.5, 0.6) is 0 Å². The first kappa shape index (κ1) is 13.9. The van der Waals surface area contributed by atoms with Gasteiger partial charge in [0.05, 0.1) is 6.10 Å². The first-order valence-electron chi connectivity index (χ1n) is 7.87. The molecule has 0 amide bonds. The van der Waals surface area contributed by atoms with Crippen molar-refractivity contribution in [1.29, 1.82) is 0 Å². The average molecular weight is 274 g/mol. The second kappa shape index (κ2) is 5.74. The van der Waals surface area contributed by atoms with Crippen LogP contribution in [-0.4, -0.2) is 42.8 Å². The van der Waals surface area contributed by atoms with Crippen molar-refractivity contribution in [3.8, 4) is 0 Å². The van der Waals surface area contributed by atoms with Crippen molar-refractivity contribution in [3.05, 3.63) is 29.3 Å². The Balaban J connectivity index is 1.59. The van der Waals surface area contributed by atoms with E-state index in [0.717, 1.165) is 39.0 Å². The van der Waals surface area contributed by atoms with Gasteiger partial charge >= 0.3 is 0 Å². The zero-order valence-electron chi connectivity index (χ0n) is 12.7. The van der Waals surface area contributed by atoms with E-state index in [0.29, 0.717) is 5.92 Å². The van der Waals surface area contributed by atoms with E-state index >= 15 is 0 Å². The van der Waals surface area contributed by atoms with Gasteiger partial charge in [-0.2, -0.15) is 0 Å². The van der Waals surface area contributed by atoms with Gasteiger partial charge in [-0.05, 0) is 62.4 Å². The molecule has 0 bridgehead atoms. The molecule has 0 aliphatic carbocycles. The van der Waals surface area contributed by atoms with Crippen LogP contribution in [0.15, 0.2) is 18.2 Å². The molecule has 110 valence electrons. The third-order valence-electron chi connectivity index (χ3n) is 4.99. The van der Waals surface area contributed by atoms with Gasteiger partial charge in [0.25, 0.3) is 0 Å². The summed E-state index contributed by atoms with van der Waals surface area (Å²) >= 11 is 0. The van der Waals surface area contributed by atoms with E-state index in [1.165, 1.54) is 23.2 Å². The fraction of sp³-hybridized carbons (Fsp3) is 0.647. The summed E-state index contributed by atoms with van der Waals surface area (Å²) in [5.74, 6) is 0.500. The van der Waals surface area contributed by atoms with Crippen molar-refractivity contribution in [2.75, 3.05) is 31.6 Å². The molecule has 3 nitrogen and oxygen atoms in total. The molecular weight excluding hydrogens is 248 g/mol. The molecule has 3 rings (SSSR count). The maximum Gasteiger partial charge on any atom is 0.0541 e. The Morgan fingerprint density at radius 3 is 2.70 bits per heavy atom. The molecule has 0 spiro atoms. The lowest BCUT2D eigenvalue weighted by Crippen LogP contribution is -2.36. The van der Waals surface area contributed by atoms with Crippen molar-refractivity contribution in [1.82, 2.24) is 4.90 Å². The molecule has 0 saturated carbocycles. The number of aliphatic hydroxyl groups is 1. The molecule has 20 heavy (non-hydrogen) atoms. The summed E-state index contributed by atoms with van der Waals surface area (Å²) in [5, 5.41) is 9.66. The molecule has 1 saturated heterocycles. The van der Waals surface area contributed by atoms with Crippen LogP contribution in [0.3, 0.4) is 0 Å². The standard InChI is InChI=1S/C17H26N2O/c1-13(20)15-6-9-19(10-7-15)12-14-3-4-17-16(11-14)5-8-18(17)2/h3-4,11,13,15,20H,5-10,12H2,1-2H3. The number of rotatable bonds is 3. The topological polar surface area (TPSA) is 26.7 Å². The Hall–Kier alpha value is -1.06. The van der Waals surface area contributed by atoms with Crippen molar-refractivity contribution < 1.29 is 5.11 Å². The van der Waals surface area contributed by atoms with Crippen LogP contribution in [0, 0.1) is 5.92 Å². The fourth-order valence-corrected chi connectivity index (χ4v) is 3.57. The zero-order chi connectivity index (χ0) is 14.1. The van der Waals surface area contributed by atoms with Crippen LogP contribution in [-0.2, 0) is 13.0 Å². The summed E-state index contributed by atoms with van der Waals surface area (Å²) in [4.78, 5) is 4.87. The molecule has 1 N–H and O–H groups in total. The predicted molar refractivity (Wildman–Crippen MR) is 83.1 cm³/mol. The molecule has 1 unspecified atom stereocenters. The third-order valence-corrected chi connectivity index (χ3v) is 4.99. The number of benzene rings is 1. The molecule has 2 heterocycles. The maximum atomic E-state index is 9.66. The molecule has 3 heteroatoms. The van der Waals surface area contributed by atoms with Crippen LogP contribution >= 0.6 is 0 Å². The number of likely N-dealkylation sites (tertiary alicyclic amines) is 1. The largest absolute Gasteiger partial charge is 0.393 e. The third kappa shape index (κ3) is 2.84. The van der Waals surface area contributed by atoms with Gasteiger partial charge in [-0.1, -0.05) is 12.1 Å². The molecule has 1 atom stereocenters. The van der Waals surface area contributed by atoms with E-state index in [1.54, 1.807) is 0 Å². The van der Waals surface area contributed by atoms with E-state index in [2.05, 4.69) is 35.0 Å². The van der Waals surface area contributed by atoms with Crippen molar-refractivity contribution in [3.63, 3.8) is 0 Å². The molecular formula is C17H26N2O. The van der Waals surface area contributed by atoms with E-state index < -0.39 is 0 Å². The molecule has 0 radical (unpaired) electrons. The van der Waals surface area contributed by atoms with E-state index in [1.807, 2.05) is 6.92 Å². The van der Waals surface area contributed by atoms with Crippen LogP contribution in [0.4, 0.5) is 5.69 Å². The van der Waals surface area contributed by atoms with E-state index in [4.69, 9.17) is 0 Å². The Morgan fingerprint density at radius 2 is 2.00 bits per heavy atom. The Bertz CT molecular complexity index is 464. The number of hydrogen-bond donors (Lipinski definition) is 1. The minimum absolute atomic E-state index is 0.146. The van der Waals surface area contributed by atoms with Gasteiger partial charge in [-0.3, -0.25) is 4.90 Å². The molecule has 1 aromatic rings. The number of likely N-dealkylation sites (N-methyl/N-ethyl adjacent to an activating group) is 1.